The van der Waals surface area contributed by atoms with E-state index in [9.17, 15) is 8.42 Å². The van der Waals surface area contributed by atoms with Crippen molar-refractivity contribution in [2.75, 3.05) is 14.2 Å². The van der Waals surface area contributed by atoms with Gasteiger partial charge in [0.1, 0.15) is 6.79 Å². The van der Waals surface area contributed by atoms with Crippen LogP contribution in [-0.4, -0.2) is 40.7 Å². The number of carbonyl (C=O) groups excluding carboxylic acids is 1. The molecule has 0 spiro atoms. The van der Waals surface area contributed by atoms with Gasteiger partial charge in [0.15, 0.2) is 0 Å². The maximum atomic E-state index is 11.6. The summed E-state index contributed by atoms with van der Waals surface area (Å²) < 4.78 is 25.4. The van der Waals surface area contributed by atoms with Crippen LogP contribution in [0.15, 0.2) is 58.4 Å². The molecule has 0 aliphatic carbocycles. The minimum atomic E-state index is -3.39. The van der Waals surface area contributed by atoms with E-state index in [1.165, 1.54) is 24.7 Å². The molecule has 2 N–H and O–H groups in total. The van der Waals surface area contributed by atoms with E-state index in [-0.39, 0.29) is 4.90 Å². The van der Waals surface area contributed by atoms with Crippen molar-refractivity contribution in [3.05, 3.63) is 59.7 Å². The van der Waals surface area contributed by atoms with Crippen LogP contribution in [-0.2, 0) is 14.8 Å². The Morgan fingerprint density at radius 3 is 1.96 bits per heavy atom. The monoisotopic (exact) mass is 350 g/mol. The number of hydrogen-bond acceptors (Lipinski definition) is 5. The lowest BCUT2D eigenvalue weighted by molar-refractivity contribution is -0.0979. The third-order valence-corrected chi connectivity index (χ3v) is 4.29. The van der Waals surface area contributed by atoms with Gasteiger partial charge in [-0.05, 0) is 43.8 Å². The summed E-state index contributed by atoms with van der Waals surface area (Å²) in [6.07, 6.45) is 1.75. The number of benzene rings is 2. The lowest BCUT2D eigenvalue weighted by atomic mass is 10.2. The van der Waals surface area contributed by atoms with Gasteiger partial charge in [-0.2, -0.15) is 0 Å². The van der Waals surface area contributed by atoms with Gasteiger partial charge in [0.05, 0.1) is 10.6 Å². The SMILES string of the molecule is C=O.CNS(=O)(=O)c1ccc(N=Cc2ccc(C)cc2)cc1.CO. The Hall–Kier alpha value is -2.35. The van der Waals surface area contributed by atoms with Crippen LogP contribution in [0.2, 0.25) is 0 Å². The minimum absolute atomic E-state index is 0.231. The lowest BCUT2D eigenvalue weighted by Gasteiger charge is -2.02. The number of aliphatic hydroxyl groups is 1. The summed E-state index contributed by atoms with van der Waals surface area (Å²) >= 11 is 0. The Labute approximate surface area is 142 Å². The van der Waals surface area contributed by atoms with E-state index in [1.807, 2.05) is 38.0 Å². The molecule has 0 unspecified atom stereocenters. The molecule has 0 saturated heterocycles. The fourth-order valence-corrected chi connectivity index (χ4v) is 2.36. The van der Waals surface area contributed by atoms with Crippen LogP contribution in [0.4, 0.5) is 5.69 Å². The Morgan fingerprint density at radius 2 is 1.50 bits per heavy atom. The van der Waals surface area contributed by atoms with E-state index < -0.39 is 10.0 Å². The molecule has 0 radical (unpaired) electrons. The molecule has 2 rings (SSSR count). The molecule has 24 heavy (non-hydrogen) atoms. The number of nitrogens with one attached hydrogen (secondary N) is 1. The minimum Gasteiger partial charge on any atom is -0.400 e. The van der Waals surface area contributed by atoms with Crippen LogP contribution in [0, 0.1) is 6.92 Å². The van der Waals surface area contributed by atoms with E-state index in [4.69, 9.17) is 9.90 Å². The molecule has 130 valence electrons. The van der Waals surface area contributed by atoms with Crippen molar-refractivity contribution in [3.8, 4) is 0 Å². The van der Waals surface area contributed by atoms with Crippen LogP contribution in [0.25, 0.3) is 0 Å². The average molecular weight is 350 g/mol. The highest BCUT2D eigenvalue weighted by Crippen LogP contribution is 2.16. The second kappa shape index (κ2) is 11.2. The molecular formula is C17H22N2O4S. The van der Waals surface area contributed by atoms with Crippen LogP contribution in [0.1, 0.15) is 11.1 Å². The van der Waals surface area contributed by atoms with Crippen LogP contribution in [0.5, 0.6) is 0 Å². The van der Waals surface area contributed by atoms with E-state index in [1.54, 1.807) is 18.3 Å². The summed E-state index contributed by atoms with van der Waals surface area (Å²) in [5, 5.41) is 7.00. The Morgan fingerprint density at radius 1 is 1.00 bits per heavy atom. The topological polar surface area (TPSA) is 95.8 Å². The predicted octanol–water partition coefficient (Wildman–Crippen LogP) is 2.08. The van der Waals surface area contributed by atoms with Crippen LogP contribution in [0.3, 0.4) is 0 Å². The normalized spacial score (nSPS) is 10.3. The number of hydrogen-bond donors (Lipinski definition) is 2. The fourth-order valence-electron chi connectivity index (χ4n) is 1.63. The number of aliphatic hydroxyl groups excluding tert-OH is 1. The van der Waals surface area contributed by atoms with Gasteiger partial charge in [-0.3, -0.25) is 4.99 Å². The van der Waals surface area contributed by atoms with Crippen molar-refractivity contribution in [3.63, 3.8) is 0 Å². The highest BCUT2D eigenvalue weighted by Gasteiger charge is 2.09. The molecule has 0 amide bonds. The lowest BCUT2D eigenvalue weighted by Crippen LogP contribution is -2.18. The number of nitrogens with zero attached hydrogens (tertiary/aromatic N) is 1. The molecule has 0 atom stereocenters. The largest absolute Gasteiger partial charge is 0.400 e. The third kappa shape index (κ3) is 6.82. The van der Waals surface area contributed by atoms with Gasteiger partial charge < -0.3 is 9.90 Å². The number of carbonyl (C=O) groups is 1. The zero-order chi connectivity index (χ0) is 18.6. The summed E-state index contributed by atoms with van der Waals surface area (Å²) in [6.45, 7) is 4.03. The maximum absolute atomic E-state index is 11.6. The number of aliphatic imine (C=N–C) groups is 1. The standard InChI is InChI=1S/C15H16N2O2S.CH4O.CH2O/c1-12-3-5-13(6-4-12)11-17-14-7-9-15(10-8-14)20(18,19)16-2;2*1-2/h3-11,16H,1-2H3;2H,1H3;1H2. The van der Waals surface area contributed by atoms with E-state index in [0.29, 0.717) is 5.69 Å². The zero-order valence-corrected chi connectivity index (χ0v) is 14.7. The highest BCUT2D eigenvalue weighted by atomic mass is 32.2. The van der Waals surface area contributed by atoms with Gasteiger partial charge in [0.2, 0.25) is 10.0 Å². The summed E-state index contributed by atoms with van der Waals surface area (Å²) in [5.41, 5.74) is 2.91. The van der Waals surface area contributed by atoms with Crippen molar-refractivity contribution in [2.24, 2.45) is 4.99 Å². The van der Waals surface area contributed by atoms with E-state index in [0.717, 1.165) is 12.7 Å². The van der Waals surface area contributed by atoms with Gasteiger partial charge in [0, 0.05) is 13.3 Å². The Kier molecular flexibility index (Phi) is 10.1. The third-order valence-electron chi connectivity index (χ3n) is 2.86. The van der Waals surface area contributed by atoms with Crippen molar-refractivity contribution in [1.82, 2.24) is 4.72 Å². The van der Waals surface area contributed by atoms with Gasteiger partial charge in [-0.25, -0.2) is 13.1 Å². The molecule has 0 aromatic heterocycles. The molecule has 0 aliphatic rings. The van der Waals surface area contributed by atoms with E-state index >= 15 is 0 Å². The van der Waals surface area contributed by atoms with Crippen molar-refractivity contribution >= 4 is 28.7 Å². The first-order chi connectivity index (χ1) is 11.5. The molecule has 0 saturated carbocycles. The summed E-state index contributed by atoms with van der Waals surface area (Å²) in [5.74, 6) is 0. The van der Waals surface area contributed by atoms with Gasteiger partial charge in [0.25, 0.3) is 0 Å². The van der Waals surface area contributed by atoms with Crippen LogP contribution < -0.4 is 4.72 Å². The number of rotatable bonds is 4. The van der Waals surface area contributed by atoms with Gasteiger partial charge in [-0.1, -0.05) is 29.8 Å². The molecule has 0 aliphatic heterocycles. The molecular weight excluding hydrogens is 328 g/mol. The molecule has 6 nitrogen and oxygen atoms in total. The molecule has 0 heterocycles. The zero-order valence-electron chi connectivity index (χ0n) is 13.9. The maximum Gasteiger partial charge on any atom is 0.240 e. The summed E-state index contributed by atoms with van der Waals surface area (Å²) in [4.78, 5) is 12.5. The predicted molar refractivity (Wildman–Crippen MR) is 96.4 cm³/mol. The van der Waals surface area contributed by atoms with E-state index in [2.05, 4.69) is 9.71 Å². The average Bonchev–Trinajstić information content (AvgIpc) is 2.65. The van der Waals surface area contributed by atoms with Gasteiger partial charge in [-0.15, -0.1) is 0 Å². The van der Waals surface area contributed by atoms with Crippen molar-refractivity contribution in [2.45, 2.75) is 11.8 Å². The summed E-state index contributed by atoms with van der Waals surface area (Å²) in [6, 6.07) is 14.4. The van der Waals surface area contributed by atoms with Crippen molar-refractivity contribution in [1.29, 1.82) is 0 Å². The quantitative estimate of drug-likeness (QED) is 0.825. The first kappa shape index (κ1) is 21.7. The molecule has 2 aromatic rings. The van der Waals surface area contributed by atoms with Gasteiger partial charge >= 0.3 is 0 Å². The smallest absolute Gasteiger partial charge is 0.240 e. The molecule has 7 heteroatoms. The molecule has 0 fully saturated rings. The van der Waals surface area contributed by atoms with Crippen molar-refractivity contribution < 1.29 is 18.3 Å². The second-order valence-electron chi connectivity index (χ2n) is 4.37. The van der Waals surface area contributed by atoms with Crippen LogP contribution >= 0.6 is 0 Å². The molecule has 2 aromatic carbocycles. The fraction of sp³-hybridized carbons (Fsp3) is 0.176. The number of sulfonamides is 1. The highest BCUT2D eigenvalue weighted by molar-refractivity contribution is 7.89. The summed E-state index contributed by atoms with van der Waals surface area (Å²) in [7, 11) is -1.00. The first-order valence-corrected chi connectivity index (χ1v) is 8.37. The number of aryl methyl sites for hydroxylation is 1. The Balaban J connectivity index is 0.00000123. The Bertz CT molecular complexity index is 724. The second-order valence-corrected chi connectivity index (χ2v) is 6.26. The molecule has 0 bridgehead atoms. The first-order valence-electron chi connectivity index (χ1n) is 6.89.